The fourth-order valence-corrected chi connectivity index (χ4v) is 1.49. The minimum absolute atomic E-state index is 0.103. The van der Waals surface area contributed by atoms with Gasteiger partial charge in [-0.1, -0.05) is 0 Å². The zero-order chi connectivity index (χ0) is 16.2. The summed E-state index contributed by atoms with van der Waals surface area (Å²) in [5.41, 5.74) is 0.911. The first kappa shape index (κ1) is 16.7. The van der Waals surface area contributed by atoms with Crippen LogP contribution in [0.4, 0.5) is 4.79 Å². The summed E-state index contributed by atoms with van der Waals surface area (Å²) in [6.07, 6.45) is 0.281. The molecular weight excluding hydrogens is 276 g/mol. The number of nitrogens with zero attached hydrogens (tertiary/aromatic N) is 2. The summed E-state index contributed by atoms with van der Waals surface area (Å²) < 4.78 is 6.54. The number of aryl methyl sites for hydroxylation is 1. The van der Waals surface area contributed by atoms with Crippen LogP contribution in [0.25, 0.3) is 0 Å². The number of aromatic nitrogens is 2. The highest BCUT2D eigenvalue weighted by Crippen LogP contribution is 2.09. The topological polar surface area (TPSA) is 102 Å². The van der Waals surface area contributed by atoms with Crippen LogP contribution in [-0.4, -0.2) is 39.8 Å². The third kappa shape index (κ3) is 4.59. The van der Waals surface area contributed by atoms with Gasteiger partial charge in [-0.15, -0.1) is 0 Å². The van der Waals surface area contributed by atoms with Crippen LogP contribution < -0.4 is 10.6 Å². The average Bonchev–Trinajstić information content (AvgIpc) is 2.68. The zero-order valence-corrected chi connectivity index (χ0v) is 12.8. The molecule has 0 aliphatic heterocycles. The summed E-state index contributed by atoms with van der Waals surface area (Å²) in [7, 11) is 1.69. The second kappa shape index (κ2) is 6.87. The quantitative estimate of drug-likeness (QED) is 0.788. The number of hydrogen-bond acceptors (Lipinski definition) is 5. The molecule has 0 aliphatic carbocycles. The molecule has 0 bridgehead atoms. The van der Waals surface area contributed by atoms with Crippen molar-refractivity contribution in [2.45, 2.75) is 39.8 Å². The predicted molar refractivity (Wildman–Crippen MR) is 74.6 cm³/mol. The largest absolute Gasteiger partial charge is 0.449 e. The summed E-state index contributed by atoms with van der Waals surface area (Å²) >= 11 is 0. The Labute approximate surface area is 122 Å². The van der Waals surface area contributed by atoms with Gasteiger partial charge in [-0.25, -0.2) is 9.59 Å². The van der Waals surface area contributed by atoms with Gasteiger partial charge in [0.05, 0.1) is 6.20 Å². The molecule has 8 heteroatoms. The number of carbonyl (C=O) groups is 3. The van der Waals surface area contributed by atoms with E-state index in [-0.39, 0.29) is 11.6 Å². The van der Waals surface area contributed by atoms with Crippen LogP contribution in [0.3, 0.4) is 0 Å². The molecule has 1 atom stereocenters. The fourth-order valence-electron chi connectivity index (χ4n) is 1.49. The van der Waals surface area contributed by atoms with Crippen LogP contribution in [0.1, 0.15) is 36.8 Å². The van der Waals surface area contributed by atoms with Crippen LogP contribution >= 0.6 is 0 Å². The monoisotopic (exact) mass is 296 g/mol. The number of ether oxygens (including phenoxy) is 1. The van der Waals surface area contributed by atoms with Crippen LogP contribution in [0.15, 0.2) is 6.20 Å². The van der Waals surface area contributed by atoms with Gasteiger partial charge in [-0.2, -0.15) is 5.10 Å². The highest BCUT2D eigenvalue weighted by Gasteiger charge is 2.23. The molecule has 1 aromatic heterocycles. The van der Waals surface area contributed by atoms with Crippen molar-refractivity contribution in [3.8, 4) is 0 Å². The van der Waals surface area contributed by atoms with E-state index in [4.69, 9.17) is 4.74 Å². The van der Waals surface area contributed by atoms with E-state index >= 15 is 0 Å². The standard InChI is InChI=1S/C13H20N4O4/c1-7(2)15-13(20)16-11(18)9(4)21-12(19)10-6-14-17(5)8(10)3/h6-7,9H,1-5H3,(H2,15,16,18,20). The van der Waals surface area contributed by atoms with Gasteiger partial charge in [0.2, 0.25) is 0 Å². The molecule has 3 amide bonds. The first-order valence-corrected chi connectivity index (χ1v) is 6.53. The lowest BCUT2D eigenvalue weighted by Gasteiger charge is -2.14. The number of hydrogen-bond donors (Lipinski definition) is 2. The Bertz CT molecular complexity index is 550. The molecule has 0 fully saturated rings. The Hall–Kier alpha value is -2.38. The lowest BCUT2D eigenvalue weighted by molar-refractivity contribution is -0.127. The summed E-state index contributed by atoms with van der Waals surface area (Å²) in [6, 6.07) is -0.732. The van der Waals surface area contributed by atoms with Crippen LogP contribution in [0, 0.1) is 6.92 Å². The highest BCUT2D eigenvalue weighted by atomic mass is 16.5. The fraction of sp³-hybridized carbons (Fsp3) is 0.538. The van der Waals surface area contributed by atoms with Gasteiger partial charge >= 0.3 is 12.0 Å². The molecule has 0 aliphatic rings. The molecule has 0 radical (unpaired) electrons. The van der Waals surface area contributed by atoms with E-state index in [1.54, 1.807) is 27.8 Å². The zero-order valence-electron chi connectivity index (χ0n) is 12.8. The Morgan fingerprint density at radius 3 is 2.38 bits per heavy atom. The van der Waals surface area contributed by atoms with Crippen molar-refractivity contribution in [1.82, 2.24) is 20.4 Å². The van der Waals surface area contributed by atoms with Crippen molar-refractivity contribution in [2.75, 3.05) is 0 Å². The van der Waals surface area contributed by atoms with E-state index in [1.165, 1.54) is 17.8 Å². The minimum Gasteiger partial charge on any atom is -0.449 e. The molecule has 0 aromatic carbocycles. The Balaban J connectivity index is 2.58. The van der Waals surface area contributed by atoms with Crippen LogP contribution in [0.5, 0.6) is 0 Å². The molecular formula is C13H20N4O4. The number of rotatable bonds is 4. The van der Waals surface area contributed by atoms with E-state index < -0.39 is 24.0 Å². The SMILES string of the molecule is Cc1c(C(=O)OC(C)C(=O)NC(=O)NC(C)C)cnn1C. The van der Waals surface area contributed by atoms with Crippen LogP contribution in [-0.2, 0) is 16.6 Å². The van der Waals surface area contributed by atoms with Gasteiger partial charge in [0, 0.05) is 18.8 Å². The van der Waals surface area contributed by atoms with Crippen LogP contribution in [0.2, 0.25) is 0 Å². The molecule has 21 heavy (non-hydrogen) atoms. The minimum atomic E-state index is -1.09. The van der Waals surface area contributed by atoms with Crippen molar-refractivity contribution in [3.05, 3.63) is 17.5 Å². The number of urea groups is 1. The summed E-state index contributed by atoms with van der Waals surface area (Å²) in [5.74, 6) is -1.35. The van der Waals surface area contributed by atoms with E-state index in [1.807, 2.05) is 0 Å². The predicted octanol–water partition coefficient (Wildman–Crippen LogP) is 0.508. The molecule has 1 rings (SSSR count). The lowest BCUT2D eigenvalue weighted by Crippen LogP contribution is -2.46. The maximum absolute atomic E-state index is 11.9. The van der Waals surface area contributed by atoms with Crippen molar-refractivity contribution >= 4 is 17.9 Å². The van der Waals surface area contributed by atoms with Crippen molar-refractivity contribution in [2.24, 2.45) is 7.05 Å². The van der Waals surface area contributed by atoms with Crippen molar-refractivity contribution < 1.29 is 19.1 Å². The Morgan fingerprint density at radius 2 is 1.90 bits per heavy atom. The van der Waals surface area contributed by atoms with Gasteiger partial charge in [0.15, 0.2) is 6.10 Å². The number of nitrogens with one attached hydrogen (secondary N) is 2. The summed E-state index contributed by atoms with van der Waals surface area (Å²) in [5, 5.41) is 8.52. The lowest BCUT2D eigenvalue weighted by atomic mass is 10.2. The Kier molecular flexibility index (Phi) is 5.45. The van der Waals surface area contributed by atoms with E-state index in [0.717, 1.165) is 0 Å². The average molecular weight is 296 g/mol. The third-order valence-corrected chi connectivity index (χ3v) is 2.76. The van der Waals surface area contributed by atoms with E-state index in [0.29, 0.717) is 5.69 Å². The van der Waals surface area contributed by atoms with Gasteiger partial charge < -0.3 is 10.1 Å². The number of esters is 1. The van der Waals surface area contributed by atoms with Gasteiger partial charge in [-0.3, -0.25) is 14.8 Å². The normalized spacial score (nSPS) is 11.9. The van der Waals surface area contributed by atoms with Crippen molar-refractivity contribution in [3.63, 3.8) is 0 Å². The molecule has 0 saturated heterocycles. The van der Waals surface area contributed by atoms with Crippen molar-refractivity contribution in [1.29, 1.82) is 0 Å². The third-order valence-electron chi connectivity index (χ3n) is 2.76. The second-order valence-corrected chi connectivity index (χ2v) is 4.93. The molecule has 2 N–H and O–H groups in total. The maximum atomic E-state index is 11.9. The molecule has 1 unspecified atom stereocenters. The van der Waals surface area contributed by atoms with E-state index in [9.17, 15) is 14.4 Å². The smallest absolute Gasteiger partial charge is 0.342 e. The molecule has 1 aromatic rings. The number of imide groups is 1. The first-order chi connectivity index (χ1) is 9.72. The molecule has 0 saturated carbocycles. The number of amides is 3. The van der Waals surface area contributed by atoms with Gasteiger partial charge in [-0.05, 0) is 27.7 Å². The summed E-state index contributed by atoms with van der Waals surface area (Å²) in [4.78, 5) is 35.0. The highest BCUT2D eigenvalue weighted by molar-refractivity contribution is 5.98. The summed E-state index contributed by atoms with van der Waals surface area (Å²) in [6.45, 7) is 6.63. The second-order valence-electron chi connectivity index (χ2n) is 4.93. The molecule has 116 valence electrons. The molecule has 0 spiro atoms. The van der Waals surface area contributed by atoms with E-state index in [2.05, 4.69) is 15.7 Å². The first-order valence-electron chi connectivity index (χ1n) is 6.53. The van der Waals surface area contributed by atoms with Gasteiger partial charge in [0.1, 0.15) is 5.56 Å². The molecule has 8 nitrogen and oxygen atoms in total. The molecule has 1 heterocycles. The Morgan fingerprint density at radius 1 is 1.29 bits per heavy atom. The maximum Gasteiger partial charge on any atom is 0.342 e. The number of carbonyl (C=O) groups excluding carboxylic acids is 3. The van der Waals surface area contributed by atoms with Gasteiger partial charge in [0.25, 0.3) is 5.91 Å².